The van der Waals surface area contributed by atoms with Gasteiger partial charge >= 0.3 is 0 Å². The molecule has 6 rings (SSSR count). The van der Waals surface area contributed by atoms with Crippen molar-refractivity contribution in [2.24, 2.45) is 5.84 Å². The number of hydrogen-bond donors (Lipinski definition) is 19. The van der Waals surface area contributed by atoms with Gasteiger partial charge in [0.2, 0.25) is 23.6 Å². The SMILES string of the molecule is CO[C@@H]1C(O)[C@](C)(O)C(C)O[C@H]1OCC1O[C@@H](O)C(NC(C)=O)[C@@H](O)[C@@H]1O[C@@H]1OC(CO)[C@@H](O[C@@H]2OC(CO)[C@@H](O[C@@H]3OC(CO)[C@@H](O[C@@H]4OC(CO)[C@@H](O)[C@H](O)C4NN)[C@H](O)C3NC(C)=O)[C@H](O)C2NC(C)=O)C(O)[C@@H]1NC(C)=O. The number of methoxy groups -OCH3 is 1. The molecule has 468 valence electrons. The van der Waals surface area contributed by atoms with Crippen molar-refractivity contribution >= 4 is 23.6 Å². The van der Waals surface area contributed by atoms with E-state index in [-0.39, 0.29) is 0 Å². The largest absolute Gasteiger partial charge is 0.394 e. The third-order valence-corrected chi connectivity index (χ3v) is 15.0. The van der Waals surface area contributed by atoms with Crippen LogP contribution in [0.1, 0.15) is 41.5 Å². The van der Waals surface area contributed by atoms with Crippen LogP contribution in [0.2, 0.25) is 0 Å². The molecule has 30 atom stereocenters. The van der Waals surface area contributed by atoms with Gasteiger partial charge in [-0.3, -0.25) is 25.0 Å². The lowest BCUT2D eigenvalue weighted by Gasteiger charge is -2.51. The number of aliphatic hydroxyl groups is 13. The second kappa shape index (κ2) is 28.8. The minimum atomic E-state index is -2.02. The third kappa shape index (κ3) is 14.9. The molecule has 6 heterocycles. The number of aliphatic hydroxyl groups excluding tert-OH is 12. The molecule has 0 saturated carbocycles. The van der Waals surface area contributed by atoms with Crippen LogP contribution in [0, 0.1) is 0 Å². The first kappa shape index (κ1) is 66.9. The zero-order chi connectivity index (χ0) is 60.1. The molecule has 6 aliphatic heterocycles. The number of amides is 4. The van der Waals surface area contributed by atoms with E-state index < -0.39 is 240 Å². The van der Waals surface area contributed by atoms with Crippen LogP contribution in [0.5, 0.6) is 0 Å². The lowest BCUT2D eigenvalue weighted by molar-refractivity contribution is -0.369. The van der Waals surface area contributed by atoms with Crippen molar-refractivity contribution in [1.29, 1.82) is 0 Å². The normalized spacial score (nSPS) is 46.8. The van der Waals surface area contributed by atoms with Gasteiger partial charge in [0, 0.05) is 34.8 Å². The van der Waals surface area contributed by atoms with E-state index in [0.717, 1.165) is 27.7 Å². The van der Waals surface area contributed by atoms with E-state index >= 15 is 0 Å². The van der Waals surface area contributed by atoms with E-state index in [1.165, 1.54) is 21.0 Å². The van der Waals surface area contributed by atoms with E-state index in [9.17, 15) is 85.6 Å². The second-order valence-corrected chi connectivity index (χ2v) is 20.8. The summed E-state index contributed by atoms with van der Waals surface area (Å²) in [5, 5.41) is 153. The maximum Gasteiger partial charge on any atom is 0.217 e. The Kier molecular flexibility index (Phi) is 23.8. The van der Waals surface area contributed by atoms with E-state index in [1.54, 1.807) is 0 Å². The number of hydrogen-bond acceptors (Lipinski definition) is 31. The fourth-order valence-corrected chi connectivity index (χ4v) is 10.5. The van der Waals surface area contributed by atoms with Crippen molar-refractivity contribution in [3.63, 3.8) is 0 Å². The van der Waals surface area contributed by atoms with Gasteiger partial charge in [0.1, 0.15) is 140 Å². The Morgan fingerprint density at radius 3 is 1.17 bits per heavy atom. The van der Waals surface area contributed by atoms with Crippen molar-refractivity contribution in [3.8, 4) is 0 Å². The van der Waals surface area contributed by atoms with Crippen LogP contribution < -0.4 is 32.5 Å². The molecule has 35 nitrogen and oxygen atoms in total. The van der Waals surface area contributed by atoms with Crippen molar-refractivity contribution < 1.29 is 142 Å². The predicted molar refractivity (Wildman–Crippen MR) is 259 cm³/mol. The molecule has 6 fully saturated rings. The topological polar surface area (TPSA) is 528 Å². The molecule has 6 saturated heterocycles. The van der Waals surface area contributed by atoms with Gasteiger partial charge in [-0.25, -0.2) is 5.43 Å². The van der Waals surface area contributed by atoms with E-state index in [2.05, 4.69) is 26.7 Å². The maximum atomic E-state index is 12.8. The molecule has 0 aromatic rings. The van der Waals surface area contributed by atoms with E-state index in [1.807, 2.05) is 0 Å². The Labute approximate surface area is 463 Å². The monoisotopic (exact) mass is 1180 g/mol. The maximum absolute atomic E-state index is 12.8. The minimum Gasteiger partial charge on any atom is -0.394 e. The summed E-state index contributed by atoms with van der Waals surface area (Å²) in [7, 11) is 1.21. The summed E-state index contributed by atoms with van der Waals surface area (Å²) in [5.41, 5.74) is 0.421. The molecular formula is C46H80N6O29. The van der Waals surface area contributed by atoms with Gasteiger partial charge in [0.25, 0.3) is 0 Å². The second-order valence-electron chi connectivity index (χ2n) is 20.8. The highest BCUT2D eigenvalue weighted by Crippen LogP contribution is 2.37. The smallest absolute Gasteiger partial charge is 0.217 e. The average Bonchev–Trinajstić information content (AvgIpc) is 3.62. The Balaban J connectivity index is 1.24. The molecule has 0 bridgehead atoms. The molecule has 4 amide bonds. The van der Waals surface area contributed by atoms with Crippen LogP contribution in [-0.2, 0) is 76.0 Å². The molecular weight excluding hydrogens is 1100 g/mol. The van der Waals surface area contributed by atoms with Gasteiger partial charge in [-0.05, 0) is 13.8 Å². The Morgan fingerprint density at radius 2 is 0.815 bits per heavy atom. The van der Waals surface area contributed by atoms with Crippen molar-refractivity contribution in [2.75, 3.05) is 40.1 Å². The Morgan fingerprint density at radius 1 is 0.469 bits per heavy atom. The quantitative estimate of drug-likeness (QED) is 0.0375. The summed E-state index contributed by atoms with van der Waals surface area (Å²) in [6.45, 7) is 2.58. The highest BCUT2D eigenvalue weighted by molar-refractivity contribution is 5.74. The highest BCUT2D eigenvalue weighted by atomic mass is 16.8. The zero-order valence-electron chi connectivity index (χ0n) is 45.2. The van der Waals surface area contributed by atoms with Crippen molar-refractivity contribution in [2.45, 2.75) is 225 Å². The summed E-state index contributed by atoms with van der Waals surface area (Å²) in [6, 6.07) is -8.12. The number of carbonyl (C=O) groups is 4. The fourth-order valence-electron chi connectivity index (χ4n) is 10.5. The van der Waals surface area contributed by atoms with Gasteiger partial charge in [-0.15, -0.1) is 0 Å². The number of ether oxygens (including phenoxy) is 12. The first-order valence-electron chi connectivity index (χ1n) is 26.0. The minimum absolute atomic E-state index is 0.637. The van der Waals surface area contributed by atoms with E-state index in [4.69, 9.17) is 62.7 Å². The molecule has 0 radical (unpaired) electrons. The first-order chi connectivity index (χ1) is 38.2. The molecule has 0 aromatic heterocycles. The van der Waals surface area contributed by atoms with Crippen molar-refractivity contribution in [1.82, 2.24) is 26.7 Å². The average molecular weight is 1180 g/mol. The standard InChI is InChI=1S/C46H80N6O29/c1-13-46(6,69)39(67)38(70-7)45(72-13)71-12-22-37(30(63)23(40(68)73-22)48-14(2)57)81-43-26(51-17(5)60)32(65)35(20(10-55)77-43)79-41-24(49-15(3)58)31(64)34(19(9-54)75-41)78-42-25(50-16(4)59)33(66)36(21(11-56)76-42)80-44-27(52-47)29(62)28(61)18(8-53)74-44/h13,18-45,52-56,61-69H,8-12,47H2,1-7H3,(H,48,57)(H,49,58)(H,50,59)(H,51,60)/t13?,18?,19?,20?,21?,22?,23?,24?,25?,26-,27?,28+,29+,30+,31+,32?,33+,34+,35+,36+,37+,38+,39?,40+,41-,42-,43-,44-,45+,46+/m0/s1. The van der Waals surface area contributed by atoms with Gasteiger partial charge in [-0.2, -0.15) is 0 Å². The lowest BCUT2D eigenvalue weighted by Crippen LogP contribution is -2.72. The van der Waals surface area contributed by atoms with Crippen molar-refractivity contribution in [3.05, 3.63) is 0 Å². The number of nitrogens with one attached hydrogen (secondary N) is 5. The van der Waals surface area contributed by atoms with Crippen LogP contribution >= 0.6 is 0 Å². The Bertz CT molecular complexity index is 2060. The summed E-state index contributed by atoms with van der Waals surface area (Å²) >= 11 is 0. The number of hydrazine groups is 1. The summed E-state index contributed by atoms with van der Waals surface area (Å²) in [4.78, 5) is 50.5. The molecule has 81 heavy (non-hydrogen) atoms. The molecule has 35 heteroatoms. The lowest BCUT2D eigenvalue weighted by atomic mass is 9.86. The predicted octanol–water partition coefficient (Wildman–Crippen LogP) is -12.0. The molecule has 20 N–H and O–H groups in total. The number of carbonyl (C=O) groups excluding carboxylic acids is 4. The van der Waals surface area contributed by atoms with Gasteiger partial charge < -0.3 is 144 Å². The summed E-state index contributed by atoms with van der Waals surface area (Å²) in [5.74, 6) is 2.47. The van der Waals surface area contributed by atoms with Crippen LogP contribution in [-0.4, -0.2) is 314 Å². The van der Waals surface area contributed by atoms with Gasteiger partial charge in [-0.1, -0.05) is 0 Å². The highest BCUT2D eigenvalue weighted by Gasteiger charge is 2.58. The molecule has 12 unspecified atom stereocenters. The molecule has 0 spiro atoms. The summed E-state index contributed by atoms with van der Waals surface area (Å²) < 4.78 is 71.1. The zero-order valence-corrected chi connectivity index (χ0v) is 45.2. The third-order valence-electron chi connectivity index (χ3n) is 15.0. The number of rotatable bonds is 21. The van der Waals surface area contributed by atoms with Crippen LogP contribution in [0.15, 0.2) is 0 Å². The molecule has 0 aliphatic carbocycles. The molecule has 0 aromatic carbocycles. The van der Waals surface area contributed by atoms with Crippen LogP contribution in [0.4, 0.5) is 0 Å². The van der Waals surface area contributed by atoms with E-state index in [0.29, 0.717) is 0 Å². The Hall–Kier alpha value is -3.20. The van der Waals surface area contributed by atoms with Crippen LogP contribution in [0.25, 0.3) is 0 Å². The van der Waals surface area contributed by atoms with Gasteiger partial charge in [0.05, 0.1) is 39.1 Å². The molecule has 6 aliphatic rings. The summed E-state index contributed by atoms with van der Waals surface area (Å²) in [6.07, 6.45) is -40.6. The number of nitrogens with two attached hydrogens (primary N) is 1. The first-order valence-corrected chi connectivity index (χ1v) is 26.0. The fraction of sp³-hybridized carbons (Fsp3) is 0.913. The van der Waals surface area contributed by atoms with Crippen LogP contribution in [0.3, 0.4) is 0 Å². The van der Waals surface area contributed by atoms with Gasteiger partial charge in [0.15, 0.2) is 37.7 Å².